The highest BCUT2D eigenvalue weighted by Crippen LogP contribution is 2.52. The summed E-state index contributed by atoms with van der Waals surface area (Å²) in [5.41, 5.74) is 0.592. The van der Waals surface area contributed by atoms with Gasteiger partial charge in [0.15, 0.2) is 0 Å². The van der Waals surface area contributed by atoms with E-state index in [4.69, 9.17) is 0 Å². The van der Waals surface area contributed by atoms with Crippen LogP contribution in [0.3, 0.4) is 0 Å². The van der Waals surface area contributed by atoms with E-state index in [2.05, 4.69) is 25.7 Å². The van der Waals surface area contributed by atoms with Gasteiger partial charge in [0.1, 0.15) is 5.78 Å². The molecule has 0 aromatic rings. The van der Waals surface area contributed by atoms with Crippen LogP contribution in [0.5, 0.6) is 0 Å². The quantitative estimate of drug-likeness (QED) is 0.711. The topological polar surface area (TPSA) is 20.3 Å². The van der Waals surface area contributed by atoms with E-state index in [0.717, 1.165) is 25.3 Å². The van der Waals surface area contributed by atoms with Crippen molar-refractivity contribution in [2.45, 2.75) is 52.5 Å². The van der Waals surface area contributed by atoms with E-state index < -0.39 is 0 Å². The largest absolute Gasteiger partial charge is 0.300 e. The van der Waals surface area contributed by atoms with Gasteiger partial charge in [-0.1, -0.05) is 13.8 Å². The van der Waals surface area contributed by atoms with Gasteiger partial charge in [-0.3, -0.25) is 9.69 Å². The van der Waals surface area contributed by atoms with Crippen LogP contribution in [0.15, 0.2) is 0 Å². The molecule has 1 heterocycles. The molecule has 1 aliphatic heterocycles. The molecule has 0 spiro atoms. The van der Waals surface area contributed by atoms with Crippen molar-refractivity contribution in [3.8, 4) is 0 Å². The van der Waals surface area contributed by atoms with Crippen molar-refractivity contribution in [2.75, 3.05) is 13.1 Å². The van der Waals surface area contributed by atoms with Crippen LogP contribution in [0.25, 0.3) is 0 Å². The molecule has 86 valence electrons. The third-order valence-corrected chi connectivity index (χ3v) is 4.46. The van der Waals surface area contributed by atoms with Crippen LogP contribution in [0, 0.1) is 11.3 Å². The molecule has 2 nitrogen and oxygen atoms in total. The molecule has 15 heavy (non-hydrogen) atoms. The third-order valence-electron chi connectivity index (χ3n) is 4.46. The first kappa shape index (κ1) is 11.1. The zero-order valence-electron chi connectivity index (χ0n) is 10.3. The van der Waals surface area contributed by atoms with Crippen molar-refractivity contribution in [1.82, 2.24) is 4.90 Å². The van der Waals surface area contributed by atoms with E-state index in [1.54, 1.807) is 0 Å². The molecule has 0 aromatic carbocycles. The van der Waals surface area contributed by atoms with Gasteiger partial charge in [-0.15, -0.1) is 0 Å². The highest BCUT2D eigenvalue weighted by Gasteiger charge is 2.47. The fourth-order valence-corrected chi connectivity index (χ4v) is 2.77. The molecule has 1 aliphatic carbocycles. The maximum Gasteiger partial charge on any atom is 0.135 e. The van der Waals surface area contributed by atoms with Crippen molar-refractivity contribution in [3.63, 3.8) is 0 Å². The number of rotatable bonds is 3. The predicted molar refractivity (Wildman–Crippen MR) is 61.8 cm³/mol. The van der Waals surface area contributed by atoms with Gasteiger partial charge in [0.05, 0.1) is 0 Å². The molecule has 1 unspecified atom stereocenters. The molecule has 1 atom stereocenters. The average Bonchev–Trinajstić information content (AvgIpc) is 2.91. The molecule has 2 rings (SSSR count). The summed E-state index contributed by atoms with van der Waals surface area (Å²) in [5, 5.41) is 0. The lowest BCUT2D eigenvalue weighted by Gasteiger charge is -2.36. The molecule has 0 amide bonds. The van der Waals surface area contributed by atoms with Crippen LogP contribution in [0.2, 0.25) is 0 Å². The SMILES string of the molecule is CC1CC(=O)CCN1CC1(C(C)C)CC1. The fraction of sp³-hybridized carbons (Fsp3) is 0.923. The van der Waals surface area contributed by atoms with E-state index >= 15 is 0 Å². The Balaban J connectivity index is 1.92. The third kappa shape index (κ3) is 2.25. The summed E-state index contributed by atoms with van der Waals surface area (Å²) in [4.78, 5) is 13.8. The molecule has 1 saturated heterocycles. The molecule has 0 aromatic heterocycles. The molecule has 0 radical (unpaired) electrons. The number of likely N-dealkylation sites (tertiary alicyclic amines) is 1. The number of piperidine rings is 1. The van der Waals surface area contributed by atoms with Crippen molar-refractivity contribution in [1.29, 1.82) is 0 Å². The summed E-state index contributed by atoms with van der Waals surface area (Å²) in [5.74, 6) is 1.25. The molecule has 2 fully saturated rings. The Morgan fingerprint density at radius 3 is 2.60 bits per heavy atom. The second-order valence-electron chi connectivity index (χ2n) is 5.83. The molecule has 0 N–H and O–H groups in total. The van der Waals surface area contributed by atoms with Gasteiger partial charge < -0.3 is 0 Å². The van der Waals surface area contributed by atoms with Gasteiger partial charge in [0.25, 0.3) is 0 Å². The minimum atomic E-state index is 0.452. The van der Waals surface area contributed by atoms with Gasteiger partial charge in [-0.2, -0.15) is 0 Å². The highest BCUT2D eigenvalue weighted by atomic mass is 16.1. The summed E-state index contributed by atoms with van der Waals surface area (Å²) >= 11 is 0. The second-order valence-corrected chi connectivity index (χ2v) is 5.83. The molecule has 2 heteroatoms. The molecular formula is C13H23NO. The first-order valence-electron chi connectivity index (χ1n) is 6.29. The standard InChI is InChI=1S/C13H23NO/c1-10(2)13(5-6-13)9-14-7-4-12(15)8-11(14)3/h10-11H,4-9H2,1-3H3. The van der Waals surface area contributed by atoms with Crippen LogP contribution >= 0.6 is 0 Å². The van der Waals surface area contributed by atoms with Crippen LogP contribution in [0.1, 0.15) is 46.5 Å². The number of carbonyl (C=O) groups excluding carboxylic acids is 1. The van der Waals surface area contributed by atoms with Crippen LogP contribution in [-0.2, 0) is 4.79 Å². The van der Waals surface area contributed by atoms with Gasteiger partial charge >= 0.3 is 0 Å². The minimum Gasteiger partial charge on any atom is -0.300 e. The van der Waals surface area contributed by atoms with Crippen LogP contribution in [0.4, 0.5) is 0 Å². The summed E-state index contributed by atoms with van der Waals surface area (Å²) in [6, 6.07) is 0.475. The lowest BCUT2D eigenvalue weighted by molar-refractivity contribution is -0.123. The van der Waals surface area contributed by atoms with E-state index in [-0.39, 0.29) is 0 Å². The Bertz CT molecular complexity index is 255. The van der Waals surface area contributed by atoms with Crippen molar-refractivity contribution >= 4 is 5.78 Å². The number of ketones is 1. The molecule has 1 saturated carbocycles. The van der Waals surface area contributed by atoms with E-state index in [9.17, 15) is 4.79 Å². The molecular weight excluding hydrogens is 186 g/mol. The fourth-order valence-electron chi connectivity index (χ4n) is 2.77. The number of hydrogen-bond acceptors (Lipinski definition) is 2. The first-order valence-corrected chi connectivity index (χ1v) is 6.29. The summed E-state index contributed by atoms with van der Waals surface area (Å²) < 4.78 is 0. The zero-order chi connectivity index (χ0) is 11.1. The van der Waals surface area contributed by atoms with Crippen molar-refractivity contribution < 1.29 is 4.79 Å². The minimum absolute atomic E-state index is 0.452. The van der Waals surface area contributed by atoms with Crippen LogP contribution in [-0.4, -0.2) is 29.8 Å². The van der Waals surface area contributed by atoms with Crippen LogP contribution < -0.4 is 0 Å². The van der Waals surface area contributed by atoms with Crippen molar-refractivity contribution in [2.24, 2.45) is 11.3 Å². The summed E-state index contributed by atoms with van der Waals surface area (Å²) in [6.07, 6.45) is 4.33. The second kappa shape index (κ2) is 3.89. The van der Waals surface area contributed by atoms with E-state index in [1.807, 2.05) is 0 Å². The maximum absolute atomic E-state index is 11.3. The Kier molecular flexibility index (Phi) is 2.89. The van der Waals surface area contributed by atoms with Gasteiger partial charge in [0, 0.05) is 32.0 Å². The van der Waals surface area contributed by atoms with Gasteiger partial charge in [-0.25, -0.2) is 0 Å². The highest BCUT2D eigenvalue weighted by molar-refractivity contribution is 5.79. The Morgan fingerprint density at radius 2 is 2.13 bits per heavy atom. The Hall–Kier alpha value is -0.370. The smallest absolute Gasteiger partial charge is 0.135 e. The number of hydrogen-bond donors (Lipinski definition) is 0. The lowest BCUT2D eigenvalue weighted by atomic mass is 9.90. The number of Topliss-reactive ketones (excluding diaryl/α,β-unsaturated/α-hetero) is 1. The average molecular weight is 209 g/mol. The Morgan fingerprint density at radius 1 is 1.47 bits per heavy atom. The molecule has 2 aliphatic rings. The molecule has 0 bridgehead atoms. The summed E-state index contributed by atoms with van der Waals surface area (Å²) in [6.45, 7) is 9.10. The van der Waals surface area contributed by atoms with Gasteiger partial charge in [0.2, 0.25) is 0 Å². The predicted octanol–water partition coefficient (Wildman–Crippen LogP) is 2.48. The normalized spacial score (nSPS) is 30.9. The lowest BCUT2D eigenvalue weighted by Crippen LogP contribution is -2.44. The van der Waals surface area contributed by atoms with Gasteiger partial charge in [-0.05, 0) is 31.1 Å². The van der Waals surface area contributed by atoms with E-state index in [0.29, 0.717) is 17.2 Å². The summed E-state index contributed by atoms with van der Waals surface area (Å²) in [7, 11) is 0. The number of carbonyl (C=O) groups is 1. The maximum atomic E-state index is 11.3. The first-order chi connectivity index (χ1) is 7.03. The number of nitrogens with zero attached hydrogens (tertiary/aromatic N) is 1. The monoisotopic (exact) mass is 209 g/mol. The van der Waals surface area contributed by atoms with Crippen molar-refractivity contribution in [3.05, 3.63) is 0 Å². The Labute approximate surface area is 93.0 Å². The zero-order valence-corrected chi connectivity index (χ0v) is 10.3. The van der Waals surface area contributed by atoms with E-state index in [1.165, 1.54) is 19.4 Å².